The van der Waals surface area contributed by atoms with E-state index in [4.69, 9.17) is 28.9 Å². The minimum Gasteiger partial charge on any atom is -0.383 e. The molecule has 94 valence electrons. The van der Waals surface area contributed by atoms with Gasteiger partial charge in [0.2, 0.25) is 0 Å². The van der Waals surface area contributed by atoms with Gasteiger partial charge in [-0.25, -0.2) is 9.97 Å². The lowest BCUT2D eigenvalue weighted by atomic mass is 10.1. The Morgan fingerprint density at radius 2 is 1.94 bits per heavy atom. The average Bonchev–Trinajstić information content (AvgIpc) is 2.32. The summed E-state index contributed by atoms with van der Waals surface area (Å²) in [6.07, 6.45) is 0.802. The van der Waals surface area contributed by atoms with Gasteiger partial charge in [-0.3, -0.25) is 0 Å². The van der Waals surface area contributed by atoms with Gasteiger partial charge < -0.3 is 5.73 Å². The van der Waals surface area contributed by atoms with Crippen molar-refractivity contribution in [1.82, 2.24) is 9.97 Å². The summed E-state index contributed by atoms with van der Waals surface area (Å²) in [6.45, 7) is 3.95. The summed E-state index contributed by atoms with van der Waals surface area (Å²) in [5, 5.41) is 1.10. The SMILES string of the molecule is CCc1nc(-c2ccc(Cl)cc2Cl)nc(N)c1C. The highest BCUT2D eigenvalue weighted by Crippen LogP contribution is 2.29. The van der Waals surface area contributed by atoms with Crippen molar-refractivity contribution in [3.05, 3.63) is 39.5 Å². The predicted octanol–water partition coefficient (Wildman–Crippen LogP) is 3.90. The number of nitrogens with two attached hydrogens (primary N) is 1. The van der Waals surface area contributed by atoms with Crippen LogP contribution in [-0.2, 0) is 6.42 Å². The van der Waals surface area contributed by atoms with Crippen LogP contribution in [0.5, 0.6) is 0 Å². The topological polar surface area (TPSA) is 51.8 Å². The van der Waals surface area contributed by atoms with Gasteiger partial charge in [-0.15, -0.1) is 0 Å². The molecule has 5 heteroatoms. The Bertz CT molecular complexity index is 597. The molecule has 1 heterocycles. The summed E-state index contributed by atoms with van der Waals surface area (Å²) in [4.78, 5) is 8.77. The Hall–Kier alpha value is -1.32. The zero-order valence-corrected chi connectivity index (χ0v) is 11.7. The average molecular weight is 282 g/mol. The molecule has 2 rings (SSSR count). The molecule has 0 radical (unpaired) electrons. The largest absolute Gasteiger partial charge is 0.383 e. The first-order chi connectivity index (χ1) is 8.52. The maximum atomic E-state index is 6.15. The number of nitrogen functional groups attached to an aromatic ring is 1. The fraction of sp³-hybridized carbons (Fsp3) is 0.231. The van der Waals surface area contributed by atoms with Crippen LogP contribution in [0, 0.1) is 6.92 Å². The summed E-state index contributed by atoms with van der Waals surface area (Å²) < 4.78 is 0. The maximum absolute atomic E-state index is 6.15. The minimum absolute atomic E-state index is 0.489. The van der Waals surface area contributed by atoms with Crippen LogP contribution >= 0.6 is 23.2 Å². The lowest BCUT2D eigenvalue weighted by Gasteiger charge is -2.09. The number of nitrogens with zero attached hydrogens (tertiary/aromatic N) is 2. The Balaban J connectivity index is 2.60. The van der Waals surface area contributed by atoms with E-state index in [1.165, 1.54) is 0 Å². The molecule has 0 atom stereocenters. The molecule has 0 aliphatic heterocycles. The zero-order chi connectivity index (χ0) is 13.3. The highest BCUT2D eigenvalue weighted by Gasteiger charge is 2.11. The van der Waals surface area contributed by atoms with Crippen LogP contribution in [0.3, 0.4) is 0 Å². The van der Waals surface area contributed by atoms with Crippen molar-refractivity contribution in [2.45, 2.75) is 20.3 Å². The molecule has 0 amide bonds. The highest BCUT2D eigenvalue weighted by molar-refractivity contribution is 6.36. The normalized spacial score (nSPS) is 10.7. The van der Waals surface area contributed by atoms with E-state index in [0.717, 1.165) is 23.2 Å². The molecule has 2 N–H and O–H groups in total. The Kier molecular flexibility index (Phi) is 3.73. The zero-order valence-electron chi connectivity index (χ0n) is 10.2. The van der Waals surface area contributed by atoms with Crippen molar-refractivity contribution in [3.8, 4) is 11.4 Å². The maximum Gasteiger partial charge on any atom is 0.163 e. The molecule has 2 aromatic rings. The van der Waals surface area contributed by atoms with E-state index in [1.807, 2.05) is 13.8 Å². The van der Waals surface area contributed by atoms with Gasteiger partial charge in [0.05, 0.1) is 5.02 Å². The van der Waals surface area contributed by atoms with Crippen molar-refractivity contribution in [1.29, 1.82) is 0 Å². The summed E-state index contributed by atoms with van der Waals surface area (Å²) in [5.41, 5.74) is 8.49. The van der Waals surface area contributed by atoms with E-state index in [0.29, 0.717) is 21.7 Å². The molecule has 1 aromatic carbocycles. The second kappa shape index (κ2) is 5.12. The lowest BCUT2D eigenvalue weighted by Crippen LogP contribution is -2.04. The van der Waals surface area contributed by atoms with Crippen molar-refractivity contribution in [2.75, 3.05) is 5.73 Å². The van der Waals surface area contributed by atoms with Crippen LogP contribution in [0.1, 0.15) is 18.2 Å². The molecular weight excluding hydrogens is 269 g/mol. The van der Waals surface area contributed by atoms with E-state index in [9.17, 15) is 0 Å². The number of aromatic nitrogens is 2. The van der Waals surface area contributed by atoms with Gasteiger partial charge in [0.25, 0.3) is 0 Å². The Morgan fingerprint density at radius 3 is 2.56 bits per heavy atom. The fourth-order valence-corrected chi connectivity index (χ4v) is 2.21. The molecule has 1 aromatic heterocycles. The third-order valence-corrected chi connectivity index (χ3v) is 3.34. The van der Waals surface area contributed by atoms with Gasteiger partial charge in [-0.1, -0.05) is 30.1 Å². The number of halogens is 2. The van der Waals surface area contributed by atoms with Gasteiger partial charge in [-0.05, 0) is 31.5 Å². The van der Waals surface area contributed by atoms with Gasteiger partial charge in [0.1, 0.15) is 5.82 Å². The van der Waals surface area contributed by atoms with Crippen molar-refractivity contribution in [2.24, 2.45) is 0 Å². The molecular formula is C13H13Cl2N3. The number of hydrogen-bond donors (Lipinski definition) is 1. The quantitative estimate of drug-likeness (QED) is 0.908. The lowest BCUT2D eigenvalue weighted by molar-refractivity contribution is 0.982. The molecule has 0 unspecified atom stereocenters. The van der Waals surface area contributed by atoms with E-state index in [-0.39, 0.29) is 0 Å². The second-order valence-electron chi connectivity index (χ2n) is 3.98. The molecule has 18 heavy (non-hydrogen) atoms. The van der Waals surface area contributed by atoms with Crippen LogP contribution in [0.25, 0.3) is 11.4 Å². The first-order valence-electron chi connectivity index (χ1n) is 5.61. The molecule has 3 nitrogen and oxygen atoms in total. The first kappa shape index (κ1) is 13.1. The van der Waals surface area contributed by atoms with Gasteiger partial charge in [-0.2, -0.15) is 0 Å². The number of rotatable bonds is 2. The number of hydrogen-bond acceptors (Lipinski definition) is 3. The van der Waals surface area contributed by atoms with Crippen molar-refractivity contribution in [3.63, 3.8) is 0 Å². The van der Waals surface area contributed by atoms with E-state index >= 15 is 0 Å². The Labute approximate surface area is 116 Å². The molecule has 0 bridgehead atoms. The minimum atomic E-state index is 0.489. The molecule has 0 aliphatic carbocycles. The predicted molar refractivity (Wildman–Crippen MR) is 76.0 cm³/mol. The van der Waals surface area contributed by atoms with E-state index in [1.54, 1.807) is 18.2 Å². The van der Waals surface area contributed by atoms with Crippen molar-refractivity contribution >= 4 is 29.0 Å². The van der Waals surface area contributed by atoms with Crippen LogP contribution < -0.4 is 5.73 Å². The van der Waals surface area contributed by atoms with Crippen LogP contribution in [0.15, 0.2) is 18.2 Å². The molecule has 0 spiro atoms. The van der Waals surface area contributed by atoms with Crippen LogP contribution in [0.2, 0.25) is 10.0 Å². The van der Waals surface area contributed by atoms with E-state index in [2.05, 4.69) is 9.97 Å². The fourth-order valence-electron chi connectivity index (χ4n) is 1.72. The highest BCUT2D eigenvalue weighted by atomic mass is 35.5. The molecule has 0 saturated heterocycles. The van der Waals surface area contributed by atoms with Gasteiger partial charge in [0.15, 0.2) is 5.82 Å². The molecule has 0 saturated carbocycles. The molecule has 0 aliphatic rings. The summed E-state index contributed by atoms with van der Waals surface area (Å²) in [5.74, 6) is 1.03. The summed E-state index contributed by atoms with van der Waals surface area (Å²) >= 11 is 12.0. The van der Waals surface area contributed by atoms with E-state index < -0.39 is 0 Å². The van der Waals surface area contributed by atoms with Crippen LogP contribution in [-0.4, -0.2) is 9.97 Å². The summed E-state index contributed by atoms with van der Waals surface area (Å²) in [6, 6.07) is 5.23. The molecule has 0 fully saturated rings. The second-order valence-corrected chi connectivity index (χ2v) is 4.83. The smallest absolute Gasteiger partial charge is 0.163 e. The van der Waals surface area contributed by atoms with Gasteiger partial charge in [0, 0.05) is 21.8 Å². The number of benzene rings is 1. The number of aryl methyl sites for hydroxylation is 1. The monoisotopic (exact) mass is 281 g/mol. The first-order valence-corrected chi connectivity index (χ1v) is 6.37. The van der Waals surface area contributed by atoms with Crippen LogP contribution in [0.4, 0.5) is 5.82 Å². The standard InChI is InChI=1S/C13H13Cl2N3/c1-3-11-7(2)12(16)18-13(17-11)9-5-4-8(14)6-10(9)15/h4-6H,3H2,1-2H3,(H2,16,17,18). The third-order valence-electron chi connectivity index (χ3n) is 2.79. The Morgan fingerprint density at radius 1 is 1.22 bits per heavy atom. The van der Waals surface area contributed by atoms with Gasteiger partial charge >= 0.3 is 0 Å². The van der Waals surface area contributed by atoms with Crippen molar-refractivity contribution < 1.29 is 0 Å². The third kappa shape index (κ3) is 2.42. The number of anilines is 1. The summed E-state index contributed by atoms with van der Waals surface area (Å²) in [7, 11) is 0.